The fourth-order valence-electron chi connectivity index (χ4n) is 2.13. The molecular weight excluding hydrogens is 319 g/mol. The molecule has 0 bridgehead atoms. The molecule has 2 aromatic carbocycles. The third-order valence-corrected chi connectivity index (χ3v) is 4.07. The van der Waals surface area contributed by atoms with Crippen LogP contribution in [0.3, 0.4) is 0 Å². The van der Waals surface area contributed by atoms with Crippen LogP contribution < -0.4 is 0 Å². The molecular formula is C15H9Cl3O2. The highest BCUT2D eigenvalue weighted by atomic mass is 35.5. The van der Waals surface area contributed by atoms with Crippen LogP contribution in [0.2, 0.25) is 15.1 Å². The largest absolute Gasteiger partial charge is 0.356 e. The number of benzene rings is 2. The molecule has 1 heterocycles. The molecule has 0 saturated carbocycles. The molecule has 0 amide bonds. The molecule has 0 N–H and O–H groups in total. The summed E-state index contributed by atoms with van der Waals surface area (Å²) in [4.78, 5) is 12.6. The van der Waals surface area contributed by atoms with E-state index in [0.717, 1.165) is 0 Å². The minimum Gasteiger partial charge on any atom is -0.356 e. The monoisotopic (exact) mass is 326 g/mol. The lowest BCUT2D eigenvalue weighted by molar-refractivity contribution is 0.0871. The molecule has 0 aromatic heterocycles. The minimum atomic E-state index is -0.991. The first kappa shape index (κ1) is 13.9. The quantitative estimate of drug-likeness (QED) is 0.601. The lowest BCUT2D eigenvalue weighted by Gasteiger charge is -2.13. The van der Waals surface area contributed by atoms with E-state index in [1.807, 2.05) is 0 Å². The Kier molecular flexibility index (Phi) is 3.51. The smallest absolute Gasteiger partial charge is 0.201 e. The van der Waals surface area contributed by atoms with E-state index in [2.05, 4.69) is 0 Å². The summed E-state index contributed by atoms with van der Waals surface area (Å²) in [5.74, 6) is -0.126. The van der Waals surface area contributed by atoms with Crippen LogP contribution in [0.1, 0.15) is 15.9 Å². The summed E-state index contributed by atoms with van der Waals surface area (Å²) in [7, 11) is 0. The van der Waals surface area contributed by atoms with E-state index in [9.17, 15) is 4.79 Å². The molecule has 1 unspecified atom stereocenters. The molecule has 20 heavy (non-hydrogen) atoms. The molecule has 1 aliphatic heterocycles. The van der Waals surface area contributed by atoms with E-state index in [-0.39, 0.29) is 5.78 Å². The zero-order valence-electron chi connectivity index (χ0n) is 10.2. The van der Waals surface area contributed by atoms with Crippen molar-refractivity contribution in [2.24, 2.45) is 0 Å². The molecule has 3 rings (SSSR count). The Bertz CT molecular complexity index is 676. The molecule has 2 aromatic rings. The summed E-state index contributed by atoms with van der Waals surface area (Å²) in [6.45, 7) is 0.315. The van der Waals surface area contributed by atoms with Gasteiger partial charge in [-0.3, -0.25) is 4.79 Å². The highest BCUT2D eigenvalue weighted by Crippen LogP contribution is 2.45. The van der Waals surface area contributed by atoms with Crippen molar-refractivity contribution < 1.29 is 9.53 Å². The highest BCUT2D eigenvalue weighted by Gasteiger charge is 2.54. The van der Waals surface area contributed by atoms with Crippen molar-refractivity contribution in [1.29, 1.82) is 0 Å². The first-order valence-electron chi connectivity index (χ1n) is 5.93. The number of epoxide rings is 1. The van der Waals surface area contributed by atoms with Gasteiger partial charge in [-0.1, -0.05) is 40.9 Å². The summed E-state index contributed by atoms with van der Waals surface area (Å²) in [6, 6.07) is 11.7. The Labute approximate surface area is 131 Å². The Morgan fingerprint density at radius 1 is 1.00 bits per heavy atom. The summed E-state index contributed by atoms with van der Waals surface area (Å²) in [5.41, 5.74) is 0.191. The first-order chi connectivity index (χ1) is 9.53. The molecule has 1 fully saturated rings. The number of rotatable bonds is 3. The van der Waals surface area contributed by atoms with Crippen molar-refractivity contribution in [1.82, 2.24) is 0 Å². The Hall–Kier alpha value is -1.06. The number of carbonyl (C=O) groups excluding carboxylic acids is 1. The van der Waals surface area contributed by atoms with E-state index in [4.69, 9.17) is 39.5 Å². The van der Waals surface area contributed by atoms with Crippen LogP contribution in [-0.2, 0) is 10.3 Å². The lowest BCUT2D eigenvalue weighted by Crippen LogP contribution is -2.22. The summed E-state index contributed by atoms with van der Waals surface area (Å²) in [5, 5.41) is 1.53. The van der Waals surface area contributed by atoms with Crippen LogP contribution in [0.5, 0.6) is 0 Å². The van der Waals surface area contributed by atoms with Gasteiger partial charge < -0.3 is 4.74 Å². The van der Waals surface area contributed by atoms with Gasteiger partial charge in [0.2, 0.25) is 5.78 Å². The van der Waals surface area contributed by atoms with Gasteiger partial charge in [0.1, 0.15) is 0 Å². The molecule has 1 aliphatic rings. The SMILES string of the molecule is O=C(c1ccc(Cl)cc1)C1(c2ccc(Cl)cc2Cl)CO1. The van der Waals surface area contributed by atoms with Crippen molar-refractivity contribution in [3.8, 4) is 0 Å². The number of carbonyl (C=O) groups is 1. The average Bonchev–Trinajstić information content (AvgIpc) is 3.20. The molecule has 5 heteroatoms. The van der Waals surface area contributed by atoms with Gasteiger partial charge in [-0.15, -0.1) is 0 Å². The van der Waals surface area contributed by atoms with Gasteiger partial charge in [-0.2, -0.15) is 0 Å². The number of ether oxygens (including phenoxy) is 1. The topological polar surface area (TPSA) is 29.6 Å². The summed E-state index contributed by atoms with van der Waals surface area (Å²) in [6.07, 6.45) is 0. The lowest BCUT2D eigenvalue weighted by atomic mass is 9.91. The maximum absolute atomic E-state index is 12.6. The predicted octanol–water partition coefficient (Wildman–Crippen LogP) is 4.76. The summed E-state index contributed by atoms with van der Waals surface area (Å²) < 4.78 is 5.44. The van der Waals surface area contributed by atoms with Gasteiger partial charge in [-0.25, -0.2) is 0 Å². The van der Waals surface area contributed by atoms with Gasteiger partial charge in [-0.05, 0) is 36.4 Å². The fraction of sp³-hybridized carbons (Fsp3) is 0.133. The number of ketones is 1. The Morgan fingerprint density at radius 3 is 2.15 bits per heavy atom. The van der Waals surface area contributed by atoms with Crippen molar-refractivity contribution in [2.75, 3.05) is 6.61 Å². The van der Waals surface area contributed by atoms with Gasteiger partial charge in [0.25, 0.3) is 0 Å². The zero-order valence-corrected chi connectivity index (χ0v) is 12.5. The molecule has 102 valence electrons. The second kappa shape index (κ2) is 5.05. The fourth-order valence-corrected chi connectivity index (χ4v) is 2.82. The molecule has 1 atom stereocenters. The Balaban J connectivity index is 2.00. The standard InChI is InChI=1S/C15H9Cl3O2/c16-10-3-1-9(2-4-10)14(19)15(8-20-15)12-6-5-11(17)7-13(12)18/h1-7H,8H2. The van der Waals surface area contributed by atoms with Crippen LogP contribution in [-0.4, -0.2) is 12.4 Å². The van der Waals surface area contributed by atoms with E-state index >= 15 is 0 Å². The Morgan fingerprint density at radius 2 is 1.60 bits per heavy atom. The van der Waals surface area contributed by atoms with Crippen molar-refractivity contribution in [3.63, 3.8) is 0 Å². The number of halogens is 3. The third-order valence-electron chi connectivity index (χ3n) is 3.27. The van der Waals surface area contributed by atoms with Gasteiger partial charge >= 0.3 is 0 Å². The van der Waals surface area contributed by atoms with E-state index in [1.54, 1.807) is 42.5 Å². The predicted molar refractivity (Wildman–Crippen MR) is 79.9 cm³/mol. The third kappa shape index (κ3) is 2.33. The molecule has 0 radical (unpaired) electrons. The maximum Gasteiger partial charge on any atom is 0.201 e. The van der Waals surface area contributed by atoms with E-state index < -0.39 is 5.60 Å². The second-order valence-electron chi connectivity index (χ2n) is 4.58. The van der Waals surface area contributed by atoms with Crippen molar-refractivity contribution >= 4 is 40.6 Å². The van der Waals surface area contributed by atoms with Gasteiger partial charge in [0.05, 0.1) is 6.61 Å². The van der Waals surface area contributed by atoms with Crippen molar-refractivity contribution in [3.05, 3.63) is 68.7 Å². The minimum absolute atomic E-state index is 0.126. The zero-order chi connectivity index (χ0) is 14.3. The number of Topliss-reactive ketones (excluding diaryl/α,β-unsaturated/α-hetero) is 1. The highest BCUT2D eigenvalue weighted by molar-refractivity contribution is 6.35. The maximum atomic E-state index is 12.6. The van der Waals surface area contributed by atoms with Crippen LogP contribution >= 0.6 is 34.8 Å². The van der Waals surface area contributed by atoms with Gasteiger partial charge in [0, 0.05) is 26.2 Å². The average molecular weight is 328 g/mol. The van der Waals surface area contributed by atoms with Crippen molar-refractivity contribution in [2.45, 2.75) is 5.60 Å². The van der Waals surface area contributed by atoms with Crippen LogP contribution in [0, 0.1) is 0 Å². The van der Waals surface area contributed by atoms with Gasteiger partial charge in [0.15, 0.2) is 5.60 Å². The number of hydrogen-bond acceptors (Lipinski definition) is 2. The second-order valence-corrected chi connectivity index (χ2v) is 5.86. The molecule has 1 saturated heterocycles. The van der Waals surface area contributed by atoms with Crippen LogP contribution in [0.15, 0.2) is 42.5 Å². The molecule has 0 aliphatic carbocycles. The number of hydrogen-bond donors (Lipinski definition) is 0. The first-order valence-corrected chi connectivity index (χ1v) is 7.06. The van der Waals surface area contributed by atoms with Crippen LogP contribution in [0.4, 0.5) is 0 Å². The summed E-state index contributed by atoms with van der Waals surface area (Å²) >= 11 is 17.9. The van der Waals surface area contributed by atoms with E-state index in [0.29, 0.717) is 32.8 Å². The van der Waals surface area contributed by atoms with Crippen LogP contribution in [0.25, 0.3) is 0 Å². The normalized spacial score (nSPS) is 20.8. The molecule has 2 nitrogen and oxygen atoms in total. The van der Waals surface area contributed by atoms with E-state index in [1.165, 1.54) is 0 Å². The molecule has 0 spiro atoms.